The molecule has 5 aliphatic carbocycles. The molecule has 58 valence electrons. The van der Waals surface area contributed by atoms with E-state index in [0.29, 0.717) is 0 Å². The molecule has 0 bridgehead atoms. The van der Waals surface area contributed by atoms with Crippen molar-refractivity contribution in [2.45, 2.75) is 25.7 Å². The van der Waals surface area contributed by atoms with Crippen LogP contribution in [-0.4, -0.2) is 0 Å². The third-order valence-electron chi connectivity index (χ3n) is 6.44. The van der Waals surface area contributed by atoms with Gasteiger partial charge in [0, 0.05) is 0 Å². The summed E-state index contributed by atoms with van der Waals surface area (Å²) in [5.41, 5.74) is 1.06. The minimum absolute atomic E-state index is 1.06. The predicted octanol–water partition coefficient (Wildman–Crippen LogP) is 2.30. The molecule has 0 saturated heterocycles. The number of hydrogen-bond donors (Lipinski definition) is 0. The Bertz CT molecular complexity index is 245. The highest BCUT2D eigenvalue weighted by Crippen LogP contribution is 2.94. The molecule has 0 radical (unpaired) electrons. The molecule has 0 aromatic carbocycles. The molecule has 1 spiro atoms. The quantitative estimate of drug-likeness (QED) is 0.492. The fourth-order valence-corrected chi connectivity index (χ4v) is 6.41. The van der Waals surface area contributed by atoms with Crippen LogP contribution in [0.25, 0.3) is 0 Å². The molecular formula is C11H14. The van der Waals surface area contributed by atoms with Crippen LogP contribution >= 0.6 is 0 Å². The lowest BCUT2D eigenvalue weighted by Crippen LogP contribution is -2.84. The van der Waals surface area contributed by atoms with Crippen molar-refractivity contribution in [3.63, 3.8) is 0 Å². The molecule has 5 saturated carbocycles. The molecule has 0 aromatic rings. The zero-order valence-corrected chi connectivity index (χ0v) is 6.79. The Kier molecular flexibility index (Phi) is 0.459. The Labute approximate surface area is 67.4 Å². The van der Waals surface area contributed by atoms with Crippen molar-refractivity contribution in [2.24, 2.45) is 40.9 Å². The summed E-state index contributed by atoms with van der Waals surface area (Å²) in [6, 6.07) is 0. The van der Waals surface area contributed by atoms with Gasteiger partial charge >= 0.3 is 0 Å². The summed E-state index contributed by atoms with van der Waals surface area (Å²) in [6.45, 7) is 0. The molecule has 4 atom stereocenters. The van der Waals surface area contributed by atoms with Crippen molar-refractivity contribution in [1.29, 1.82) is 0 Å². The van der Waals surface area contributed by atoms with Crippen LogP contribution in [-0.2, 0) is 0 Å². The van der Waals surface area contributed by atoms with E-state index in [2.05, 4.69) is 0 Å². The van der Waals surface area contributed by atoms with Crippen molar-refractivity contribution < 1.29 is 0 Å². The maximum Gasteiger partial charge on any atom is -0.0173 e. The number of rotatable bonds is 0. The van der Waals surface area contributed by atoms with Crippen molar-refractivity contribution in [2.75, 3.05) is 0 Å². The molecule has 0 aromatic heterocycles. The van der Waals surface area contributed by atoms with Crippen LogP contribution in [0.2, 0.25) is 0 Å². The second kappa shape index (κ2) is 1.03. The zero-order chi connectivity index (χ0) is 6.79. The lowest BCUT2D eigenvalue weighted by Gasteiger charge is -2.89. The van der Waals surface area contributed by atoms with Gasteiger partial charge in [0.25, 0.3) is 0 Å². The van der Waals surface area contributed by atoms with Gasteiger partial charge < -0.3 is 0 Å². The van der Waals surface area contributed by atoms with Crippen molar-refractivity contribution in [3.05, 3.63) is 0 Å². The maximum atomic E-state index is 1.66. The first kappa shape index (κ1) is 4.89. The van der Waals surface area contributed by atoms with Gasteiger partial charge in [-0.15, -0.1) is 0 Å². The van der Waals surface area contributed by atoms with Gasteiger partial charge in [-0.2, -0.15) is 0 Å². The van der Waals surface area contributed by atoms with E-state index in [9.17, 15) is 0 Å². The molecule has 0 heterocycles. The summed E-state index contributed by atoms with van der Waals surface area (Å²) < 4.78 is 0. The molecule has 0 N–H and O–H groups in total. The normalized spacial score (nSPS) is 85.1. The summed E-state index contributed by atoms with van der Waals surface area (Å²) >= 11 is 0. The molecule has 0 nitrogen and oxygen atoms in total. The van der Waals surface area contributed by atoms with Gasteiger partial charge in [-0.25, -0.2) is 0 Å². The first-order chi connectivity index (χ1) is 5.44. The maximum absolute atomic E-state index is 1.66. The Morgan fingerprint density at radius 1 is 0.909 bits per heavy atom. The Hall–Kier alpha value is 0. The Balaban J connectivity index is 1.77. The summed E-state index contributed by atoms with van der Waals surface area (Å²) in [7, 11) is 0. The highest BCUT2D eigenvalue weighted by atomic mass is 14.9. The molecule has 11 heavy (non-hydrogen) atoms. The monoisotopic (exact) mass is 146 g/mol. The first-order valence-electron chi connectivity index (χ1n) is 5.44. The third kappa shape index (κ3) is 0.228. The van der Waals surface area contributed by atoms with Crippen molar-refractivity contribution >= 4 is 0 Å². The van der Waals surface area contributed by atoms with E-state index in [-0.39, 0.29) is 0 Å². The van der Waals surface area contributed by atoms with Crippen molar-refractivity contribution in [3.8, 4) is 0 Å². The Morgan fingerprint density at radius 2 is 1.55 bits per heavy atom. The van der Waals surface area contributed by atoms with Gasteiger partial charge in [-0.05, 0) is 66.6 Å². The van der Waals surface area contributed by atoms with Crippen LogP contribution in [0.3, 0.4) is 0 Å². The van der Waals surface area contributed by atoms with Gasteiger partial charge in [-0.3, -0.25) is 0 Å². The summed E-state index contributed by atoms with van der Waals surface area (Å²) in [5, 5.41) is 0. The summed E-state index contributed by atoms with van der Waals surface area (Å²) in [6.07, 6.45) is 6.57. The van der Waals surface area contributed by atoms with Crippen LogP contribution in [0.15, 0.2) is 0 Å². The lowest BCUT2D eigenvalue weighted by atomic mass is 9.15. The Morgan fingerprint density at radius 3 is 2.09 bits per heavy atom. The fraction of sp³-hybridized carbons (Fsp3) is 1.00. The van der Waals surface area contributed by atoms with E-state index in [1.165, 1.54) is 35.5 Å². The van der Waals surface area contributed by atoms with E-state index in [1.807, 2.05) is 0 Å². The van der Waals surface area contributed by atoms with E-state index < -0.39 is 0 Å². The largest absolute Gasteiger partial charge is 0.0496 e. The van der Waals surface area contributed by atoms with Crippen LogP contribution in [0.1, 0.15) is 25.7 Å². The molecular weight excluding hydrogens is 132 g/mol. The molecule has 5 rings (SSSR count). The summed E-state index contributed by atoms with van der Waals surface area (Å²) in [4.78, 5) is 0. The van der Waals surface area contributed by atoms with E-state index in [4.69, 9.17) is 0 Å². The second-order valence-electron chi connectivity index (χ2n) is 5.81. The smallest absolute Gasteiger partial charge is 0.0173 e. The third-order valence-corrected chi connectivity index (χ3v) is 6.44. The van der Waals surface area contributed by atoms with Crippen molar-refractivity contribution in [1.82, 2.24) is 0 Å². The minimum atomic E-state index is 1.06. The topological polar surface area (TPSA) is 0 Å². The molecule has 0 amide bonds. The van der Waals surface area contributed by atoms with E-state index in [1.54, 1.807) is 25.7 Å². The molecule has 5 fully saturated rings. The first-order valence-corrected chi connectivity index (χ1v) is 5.44. The zero-order valence-electron chi connectivity index (χ0n) is 6.79. The van der Waals surface area contributed by atoms with Gasteiger partial charge in [0.15, 0.2) is 0 Å². The summed E-state index contributed by atoms with van der Waals surface area (Å²) in [5.74, 6) is 7.61. The van der Waals surface area contributed by atoms with Crippen LogP contribution in [0.4, 0.5) is 0 Å². The van der Waals surface area contributed by atoms with Crippen LogP contribution in [0.5, 0.6) is 0 Å². The number of hydrogen-bond acceptors (Lipinski definition) is 0. The SMILES string of the molecule is C1CC2C3CC4CC5C1C2C453. The van der Waals surface area contributed by atoms with Crippen LogP contribution < -0.4 is 0 Å². The number of fused-ring (bicyclic) bond motifs is 2. The fourth-order valence-electron chi connectivity index (χ4n) is 6.41. The van der Waals surface area contributed by atoms with Crippen LogP contribution in [0, 0.1) is 40.9 Å². The van der Waals surface area contributed by atoms with Gasteiger partial charge in [0.05, 0.1) is 0 Å². The van der Waals surface area contributed by atoms with Gasteiger partial charge in [0.1, 0.15) is 0 Å². The second-order valence-corrected chi connectivity index (χ2v) is 5.81. The molecule has 0 aliphatic heterocycles. The standard InChI is InChI=1S/C11H14/c1-2-7-9-4-5-3-8-6(1)10(7)11(5,8)9/h5-10H,1-4H2. The van der Waals surface area contributed by atoms with E-state index >= 15 is 0 Å². The average Bonchev–Trinajstić information content (AvgIpc) is 2.17. The predicted molar refractivity (Wildman–Crippen MR) is 41.8 cm³/mol. The molecule has 0 heteroatoms. The highest BCUT2D eigenvalue weighted by Gasteiger charge is 2.88. The average molecular weight is 146 g/mol. The highest BCUT2D eigenvalue weighted by molar-refractivity contribution is 5.36. The minimum Gasteiger partial charge on any atom is -0.0496 e. The lowest BCUT2D eigenvalue weighted by molar-refractivity contribution is -0.420. The molecule has 5 aliphatic rings. The van der Waals surface area contributed by atoms with E-state index in [0.717, 1.165) is 5.41 Å². The molecule has 4 unspecified atom stereocenters. The van der Waals surface area contributed by atoms with Gasteiger partial charge in [0.2, 0.25) is 0 Å². The van der Waals surface area contributed by atoms with Gasteiger partial charge in [-0.1, -0.05) is 0 Å².